The molecule has 0 radical (unpaired) electrons. The van der Waals surface area contributed by atoms with Gasteiger partial charge in [-0.1, -0.05) is 12.1 Å². The number of carbonyl (C=O) groups is 1. The second kappa shape index (κ2) is 5.43. The van der Waals surface area contributed by atoms with Crippen molar-refractivity contribution in [3.05, 3.63) is 51.3 Å². The fourth-order valence-corrected chi connectivity index (χ4v) is 2.44. The number of allylic oxidation sites excluding steroid dienone is 1. The molecular weight excluding hydrogens is 274 g/mol. The number of nitro groups is 1. The van der Waals surface area contributed by atoms with Crippen LogP contribution in [0.3, 0.4) is 0 Å². The van der Waals surface area contributed by atoms with Gasteiger partial charge in [-0.05, 0) is 24.6 Å². The normalized spacial score (nSPS) is 19.0. The van der Waals surface area contributed by atoms with Crippen molar-refractivity contribution in [3.8, 4) is 5.75 Å². The number of methoxy groups -OCH3 is 1. The zero-order valence-corrected chi connectivity index (χ0v) is 12.4. The molecule has 1 aromatic rings. The molecule has 0 fully saturated rings. The molecule has 1 aromatic carbocycles. The van der Waals surface area contributed by atoms with Crippen LogP contribution in [0.5, 0.6) is 5.75 Å². The Morgan fingerprint density at radius 1 is 1.24 bits per heavy atom. The predicted octanol–water partition coefficient (Wildman–Crippen LogP) is 2.24. The molecule has 1 atom stereocenters. The van der Waals surface area contributed by atoms with Gasteiger partial charge < -0.3 is 9.64 Å². The van der Waals surface area contributed by atoms with Crippen LogP contribution in [-0.2, 0) is 0 Å². The summed E-state index contributed by atoms with van der Waals surface area (Å²) in [4.78, 5) is 25.8. The first-order chi connectivity index (χ1) is 9.88. The van der Waals surface area contributed by atoms with E-state index in [0.29, 0.717) is 17.0 Å². The Kier molecular flexibility index (Phi) is 3.84. The van der Waals surface area contributed by atoms with Crippen LogP contribution in [-0.4, -0.2) is 42.0 Å². The third-order valence-electron chi connectivity index (χ3n) is 3.74. The van der Waals surface area contributed by atoms with Crippen molar-refractivity contribution < 1.29 is 14.5 Å². The van der Waals surface area contributed by atoms with Crippen molar-refractivity contribution in [2.75, 3.05) is 21.2 Å². The van der Waals surface area contributed by atoms with Gasteiger partial charge >= 0.3 is 6.03 Å². The summed E-state index contributed by atoms with van der Waals surface area (Å²) in [5.74, 6) is 0.656. The molecule has 0 unspecified atom stereocenters. The fraction of sp³-hybridized carbons (Fsp3) is 0.357. The van der Waals surface area contributed by atoms with Crippen molar-refractivity contribution in [3.63, 3.8) is 0 Å². The number of nitrogens with zero attached hydrogens (tertiary/aromatic N) is 3. The highest BCUT2D eigenvalue weighted by Crippen LogP contribution is 2.36. The maximum absolute atomic E-state index is 12.2. The average molecular weight is 291 g/mol. The minimum absolute atomic E-state index is 0.00441. The van der Waals surface area contributed by atoms with Gasteiger partial charge in [-0.25, -0.2) is 4.79 Å². The smallest absolute Gasteiger partial charge is 0.324 e. The minimum Gasteiger partial charge on any atom is -0.497 e. The molecule has 0 saturated carbocycles. The summed E-state index contributed by atoms with van der Waals surface area (Å²) >= 11 is 0. The molecule has 21 heavy (non-hydrogen) atoms. The van der Waals surface area contributed by atoms with Gasteiger partial charge in [0.15, 0.2) is 6.04 Å². The summed E-state index contributed by atoms with van der Waals surface area (Å²) in [5, 5.41) is 11.4. The van der Waals surface area contributed by atoms with Crippen molar-refractivity contribution in [1.82, 2.24) is 9.80 Å². The Labute approximate surface area is 122 Å². The van der Waals surface area contributed by atoms with Gasteiger partial charge in [0.05, 0.1) is 17.7 Å². The molecule has 0 N–H and O–H groups in total. The SMILES string of the molecule is COc1ccc([C@@H]2C([N+](=O)[O-])=C(C)N(C)C(=O)N2C)cc1. The zero-order chi connectivity index (χ0) is 15.7. The average Bonchev–Trinajstić information content (AvgIpc) is 2.48. The van der Waals surface area contributed by atoms with E-state index in [1.54, 1.807) is 45.3 Å². The molecule has 2 rings (SSSR count). The summed E-state index contributed by atoms with van der Waals surface area (Å²) in [6, 6.07) is 5.91. The fourth-order valence-electron chi connectivity index (χ4n) is 2.44. The number of hydrogen-bond acceptors (Lipinski definition) is 4. The second-order valence-electron chi connectivity index (χ2n) is 4.86. The number of carbonyl (C=O) groups excluding carboxylic acids is 1. The van der Waals surface area contributed by atoms with Crippen molar-refractivity contribution in [2.45, 2.75) is 13.0 Å². The summed E-state index contributed by atoms with van der Waals surface area (Å²) in [7, 11) is 4.64. The molecule has 1 heterocycles. The van der Waals surface area contributed by atoms with E-state index in [2.05, 4.69) is 0 Å². The van der Waals surface area contributed by atoms with Crippen LogP contribution in [0.1, 0.15) is 18.5 Å². The van der Waals surface area contributed by atoms with Gasteiger partial charge in [0.25, 0.3) is 5.70 Å². The lowest BCUT2D eigenvalue weighted by Gasteiger charge is -2.36. The van der Waals surface area contributed by atoms with Crippen LogP contribution in [0.15, 0.2) is 35.7 Å². The van der Waals surface area contributed by atoms with Gasteiger partial charge in [-0.3, -0.25) is 15.0 Å². The first-order valence-electron chi connectivity index (χ1n) is 6.38. The highest BCUT2D eigenvalue weighted by molar-refractivity contribution is 5.78. The van der Waals surface area contributed by atoms with Crippen LogP contribution in [0.4, 0.5) is 4.79 Å². The number of urea groups is 1. The van der Waals surface area contributed by atoms with E-state index in [4.69, 9.17) is 4.74 Å². The monoisotopic (exact) mass is 291 g/mol. The summed E-state index contributed by atoms with van der Waals surface area (Å²) in [6.07, 6.45) is 0. The Bertz CT molecular complexity index is 609. The number of rotatable bonds is 3. The van der Waals surface area contributed by atoms with Gasteiger partial charge in [-0.15, -0.1) is 0 Å². The number of amides is 2. The van der Waals surface area contributed by atoms with Gasteiger partial charge in [0.2, 0.25) is 0 Å². The quantitative estimate of drug-likeness (QED) is 0.632. The topological polar surface area (TPSA) is 75.9 Å². The summed E-state index contributed by atoms with van der Waals surface area (Å²) in [6.45, 7) is 1.58. The second-order valence-corrected chi connectivity index (χ2v) is 4.86. The maximum Gasteiger partial charge on any atom is 0.324 e. The van der Waals surface area contributed by atoms with Crippen LogP contribution in [0, 0.1) is 10.1 Å². The van der Waals surface area contributed by atoms with Crippen LogP contribution in [0.25, 0.3) is 0 Å². The molecule has 0 spiro atoms. The lowest BCUT2D eigenvalue weighted by Crippen LogP contribution is -2.47. The van der Waals surface area contributed by atoms with E-state index in [0.717, 1.165) is 0 Å². The van der Waals surface area contributed by atoms with Crippen molar-refractivity contribution in [1.29, 1.82) is 0 Å². The highest BCUT2D eigenvalue weighted by atomic mass is 16.6. The molecule has 1 aliphatic rings. The van der Waals surface area contributed by atoms with Gasteiger partial charge in [-0.2, -0.15) is 0 Å². The number of benzene rings is 1. The number of hydrogen-bond donors (Lipinski definition) is 0. The first-order valence-corrected chi connectivity index (χ1v) is 6.38. The standard InChI is InChI=1S/C14H17N3O4/c1-9-12(17(19)20)13(16(3)14(18)15(9)2)10-5-7-11(21-4)8-6-10/h5-8,13H,1-4H3/t13-/m1/s1. The Hall–Kier alpha value is -2.57. The van der Waals surface area contributed by atoms with Crippen LogP contribution >= 0.6 is 0 Å². The number of likely N-dealkylation sites (N-methyl/N-ethyl adjacent to an activating group) is 1. The molecule has 7 heteroatoms. The lowest BCUT2D eigenvalue weighted by molar-refractivity contribution is -0.436. The van der Waals surface area contributed by atoms with E-state index in [9.17, 15) is 14.9 Å². The maximum atomic E-state index is 12.2. The van der Waals surface area contributed by atoms with Crippen molar-refractivity contribution >= 4 is 6.03 Å². The summed E-state index contributed by atoms with van der Waals surface area (Å²) < 4.78 is 5.08. The largest absolute Gasteiger partial charge is 0.497 e. The number of ether oxygens (including phenoxy) is 1. The van der Waals surface area contributed by atoms with E-state index in [-0.39, 0.29) is 11.7 Å². The van der Waals surface area contributed by atoms with Gasteiger partial charge in [0.1, 0.15) is 5.75 Å². The van der Waals surface area contributed by atoms with E-state index < -0.39 is 11.0 Å². The third kappa shape index (κ3) is 2.42. The molecule has 0 aliphatic carbocycles. The molecule has 0 bridgehead atoms. The van der Waals surface area contributed by atoms with Crippen molar-refractivity contribution in [2.24, 2.45) is 0 Å². The lowest BCUT2D eigenvalue weighted by atomic mass is 9.99. The summed E-state index contributed by atoms with van der Waals surface area (Å²) in [5.41, 5.74) is 1.03. The first kappa shape index (κ1) is 14.8. The molecule has 112 valence electrons. The molecule has 0 saturated heterocycles. The van der Waals surface area contributed by atoms with E-state index in [1.807, 2.05) is 0 Å². The minimum atomic E-state index is -0.713. The Morgan fingerprint density at radius 3 is 2.29 bits per heavy atom. The zero-order valence-electron chi connectivity index (χ0n) is 12.4. The van der Waals surface area contributed by atoms with E-state index >= 15 is 0 Å². The van der Waals surface area contributed by atoms with Crippen LogP contribution in [0.2, 0.25) is 0 Å². The predicted molar refractivity (Wildman–Crippen MR) is 76.4 cm³/mol. The molecule has 1 aliphatic heterocycles. The van der Waals surface area contributed by atoms with Crippen LogP contribution < -0.4 is 4.74 Å². The molecule has 0 aromatic heterocycles. The molecular formula is C14H17N3O4. The van der Waals surface area contributed by atoms with Gasteiger partial charge in [0, 0.05) is 14.1 Å². The Balaban J connectivity index is 2.56. The third-order valence-corrected chi connectivity index (χ3v) is 3.74. The molecule has 2 amide bonds. The molecule has 7 nitrogen and oxygen atoms in total. The Morgan fingerprint density at radius 2 is 1.81 bits per heavy atom. The highest BCUT2D eigenvalue weighted by Gasteiger charge is 2.42. The van der Waals surface area contributed by atoms with E-state index in [1.165, 1.54) is 16.8 Å².